The van der Waals surface area contributed by atoms with Crippen LogP contribution < -0.4 is 5.32 Å². The van der Waals surface area contributed by atoms with Crippen LogP contribution >= 0.6 is 0 Å². The highest BCUT2D eigenvalue weighted by atomic mass is 19.4. The highest BCUT2D eigenvalue weighted by molar-refractivity contribution is 5.80. The Morgan fingerprint density at radius 1 is 1.29 bits per heavy atom. The van der Waals surface area contributed by atoms with Crippen LogP contribution in [0.2, 0.25) is 0 Å². The number of hydrogen-bond acceptors (Lipinski definition) is 2. The Morgan fingerprint density at radius 2 is 1.96 bits per heavy atom. The van der Waals surface area contributed by atoms with Gasteiger partial charge in [0.15, 0.2) is 6.04 Å². The molecule has 1 aliphatic heterocycles. The van der Waals surface area contributed by atoms with Gasteiger partial charge in [-0.2, -0.15) is 13.2 Å². The molecule has 24 heavy (non-hydrogen) atoms. The van der Waals surface area contributed by atoms with E-state index in [2.05, 4.69) is 5.32 Å². The molecule has 1 aliphatic rings. The number of carbonyl (C=O) groups excluding carboxylic acids is 2. The zero-order valence-corrected chi connectivity index (χ0v) is 13.5. The second kappa shape index (κ2) is 7.68. The molecule has 0 aromatic heterocycles. The van der Waals surface area contributed by atoms with Crippen LogP contribution in [0.1, 0.15) is 43.7 Å². The largest absolute Gasteiger partial charge is 0.413 e. The molecule has 0 spiro atoms. The quantitative estimate of drug-likeness (QED) is 0.913. The van der Waals surface area contributed by atoms with Crippen molar-refractivity contribution in [2.45, 2.75) is 50.4 Å². The van der Waals surface area contributed by atoms with E-state index in [1.807, 2.05) is 0 Å². The molecular formula is C17H21F3N2O2. The molecule has 2 rings (SSSR count). The number of carbonyl (C=O) groups is 2. The third-order valence-corrected chi connectivity index (χ3v) is 4.20. The molecule has 132 valence electrons. The summed E-state index contributed by atoms with van der Waals surface area (Å²) in [6.07, 6.45) is -2.17. The fourth-order valence-electron chi connectivity index (χ4n) is 2.97. The number of rotatable bonds is 4. The summed E-state index contributed by atoms with van der Waals surface area (Å²) in [5.41, 5.74) is 0.0192. The lowest BCUT2D eigenvalue weighted by Crippen LogP contribution is -2.43. The fraction of sp³-hybridized carbons (Fsp3) is 0.529. The first-order valence-electron chi connectivity index (χ1n) is 7.95. The van der Waals surface area contributed by atoms with Crippen molar-refractivity contribution in [3.05, 3.63) is 35.9 Å². The van der Waals surface area contributed by atoms with E-state index in [9.17, 15) is 22.8 Å². The summed E-state index contributed by atoms with van der Waals surface area (Å²) in [7, 11) is 1.16. The molecule has 0 unspecified atom stereocenters. The van der Waals surface area contributed by atoms with Crippen LogP contribution in [0.4, 0.5) is 13.2 Å². The van der Waals surface area contributed by atoms with Gasteiger partial charge in [0.2, 0.25) is 11.8 Å². The van der Waals surface area contributed by atoms with Crippen molar-refractivity contribution >= 4 is 11.8 Å². The molecule has 1 aromatic rings. The molecule has 0 saturated carbocycles. The Bertz CT molecular complexity index is 575. The maximum atomic E-state index is 13.5. The van der Waals surface area contributed by atoms with E-state index in [0.29, 0.717) is 12.8 Å². The molecule has 1 heterocycles. The Balaban J connectivity index is 2.12. The zero-order chi connectivity index (χ0) is 17.7. The van der Waals surface area contributed by atoms with Crippen molar-refractivity contribution < 1.29 is 22.8 Å². The number of amides is 2. The van der Waals surface area contributed by atoms with E-state index in [1.165, 1.54) is 24.3 Å². The average Bonchev–Trinajstić information content (AvgIpc) is 2.71. The predicted molar refractivity (Wildman–Crippen MR) is 83.0 cm³/mol. The van der Waals surface area contributed by atoms with Gasteiger partial charge < -0.3 is 10.2 Å². The number of benzene rings is 1. The maximum absolute atomic E-state index is 13.5. The number of alkyl halides is 3. The fourth-order valence-corrected chi connectivity index (χ4v) is 2.97. The second-order valence-electron chi connectivity index (χ2n) is 6.07. The molecule has 7 heteroatoms. The van der Waals surface area contributed by atoms with Crippen LogP contribution in [0.15, 0.2) is 30.3 Å². The lowest BCUT2D eigenvalue weighted by molar-refractivity contribution is -0.189. The Labute approximate surface area is 139 Å². The smallest absolute Gasteiger partial charge is 0.353 e. The van der Waals surface area contributed by atoms with Gasteiger partial charge in [0.05, 0.1) is 0 Å². The molecular weight excluding hydrogens is 321 g/mol. The highest BCUT2D eigenvalue weighted by Crippen LogP contribution is 2.37. The van der Waals surface area contributed by atoms with Crippen LogP contribution in [0.25, 0.3) is 0 Å². The highest BCUT2D eigenvalue weighted by Gasteiger charge is 2.45. The molecule has 0 radical (unpaired) electrons. The van der Waals surface area contributed by atoms with Crippen LogP contribution in [-0.2, 0) is 9.59 Å². The first kappa shape index (κ1) is 18.3. The Kier molecular flexibility index (Phi) is 5.85. The van der Waals surface area contributed by atoms with E-state index in [0.717, 1.165) is 24.8 Å². The van der Waals surface area contributed by atoms with Crippen LogP contribution in [-0.4, -0.2) is 36.0 Å². The minimum atomic E-state index is -4.57. The summed E-state index contributed by atoms with van der Waals surface area (Å²) < 4.78 is 40.4. The SMILES string of the molecule is CN(C(=O)C[C@@H]1CCCCC(=O)N1)[C@@H](c1ccccc1)C(F)(F)F. The van der Waals surface area contributed by atoms with E-state index >= 15 is 0 Å². The molecule has 1 N–H and O–H groups in total. The standard InChI is InChI=1S/C17H21F3N2O2/c1-22(15(24)11-13-9-5-6-10-14(23)21-13)16(17(18,19)20)12-7-3-2-4-8-12/h2-4,7-8,13,16H,5-6,9-11H2,1H3,(H,21,23)/t13-,16-/m0/s1. The lowest BCUT2D eigenvalue weighted by Gasteiger charge is -2.31. The molecule has 0 aliphatic carbocycles. The average molecular weight is 342 g/mol. The van der Waals surface area contributed by atoms with Crippen molar-refractivity contribution in [1.82, 2.24) is 10.2 Å². The third-order valence-electron chi connectivity index (χ3n) is 4.20. The van der Waals surface area contributed by atoms with Crippen LogP contribution in [0.5, 0.6) is 0 Å². The van der Waals surface area contributed by atoms with E-state index < -0.39 is 24.2 Å². The van der Waals surface area contributed by atoms with E-state index in [-0.39, 0.29) is 17.9 Å². The van der Waals surface area contributed by atoms with Gasteiger partial charge in [-0.15, -0.1) is 0 Å². The van der Waals surface area contributed by atoms with Gasteiger partial charge >= 0.3 is 6.18 Å². The van der Waals surface area contributed by atoms with Crippen molar-refractivity contribution in [2.75, 3.05) is 7.05 Å². The number of halogens is 3. The topological polar surface area (TPSA) is 49.4 Å². The number of nitrogens with one attached hydrogen (secondary N) is 1. The zero-order valence-electron chi connectivity index (χ0n) is 13.5. The molecule has 1 saturated heterocycles. The summed E-state index contributed by atoms with van der Waals surface area (Å²) in [6, 6.07) is 4.97. The van der Waals surface area contributed by atoms with Crippen molar-refractivity contribution in [3.63, 3.8) is 0 Å². The minimum Gasteiger partial charge on any atom is -0.353 e. The summed E-state index contributed by atoms with van der Waals surface area (Å²) >= 11 is 0. The second-order valence-corrected chi connectivity index (χ2v) is 6.07. The molecule has 4 nitrogen and oxygen atoms in total. The van der Waals surface area contributed by atoms with Crippen molar-refractivity contribution in [2.24, 2.45) is 0 Å². The third kappa shape index (κ3) is 4.72. The van der Waals surface area contributed by atoms with Crippen LogP contribution in [0.3, 0.4) is 0 Å². The number of nitrogens with zero attached hydrogens (tertiary/aromatic N) is 1. The molecule has 1 aromatic carbocycles. The molecule has 2 amide bonds. The van der Waals surface area contributed by atoms with Gasteiger partial charge in [-0.1, -0.05) is 36.8 Å². The summed E-state index contributed by atoms with van der Waals surface area (Å²) in [4.78, 5) is 24.6. The normalized spacial score (nSPS) is 20.0. The summed E-state index contributed by atoms with van der Waals surface area (Å²) in [5.74, 6) is -0.781. The first-order valence-corrected chi connectivity index (χ1v) is 7.95. The molecule has 2 atom stereocenters. The van der Waals surface area contributed by atoms with E-state index in [4.69, 9.17) is 0 Å². The minimum absolute atomic E-state index is 0.0192. The molecule has 1 fully saturated rings. The molecule has 0 bridgehead atoms. The summed E-state index contributed by atoms with van der Waals surface area (Å²) in [6.45, 7) is 0. The monoisotopic (exact) mass is 342 g/mol. The Morgan fingerprint density at radius 3 is 2.58 bits per heavy atom. The number of hydrogen-bond donors (Lipinski definition) is 1. The van der Waals surface area contributed by atoms with Gasteiger partial charge in [0, 0.05) is 25.9 Å². The van der Waals surface area contributed by atoms with E-state index in [1.54, 1.807) is 6.07 Å². The maximum Gasteiger partial charge on any atom is 0.413 e. The first-order chi connectivity index (χ1) is 11.3. The lowest BCUT2D eigenvalue weighted by atomic mass is 10.0. The van der Waals surface area contributed by atoms with Gasteiger partial charge in [-0.3, -0.25) is 9.59 Å². The summed E-state index contributed by atoms with van der Waals surface area (Å²) in [5, 5.41) is 2.71. The van der Waals surface area contributed by atoms with Gasteiger partial charge in [-0.05, 0) is 18.4 Å². The van der Waals surface area contributed by atoms with Crippen molar-refractivity contribution in [1.29, 1.82) is 0 Å². The Hall–Kier alpha value is -2.05. The van der Waals surface area contributed by atoms with Crippen LogP contribution in [0, 0.1) is 0 Å². The van der Waals surface area contributed by atoms with Gasteiger partial charge in [0.1, 0.15) is 0 Å². The van der Waals surface area contributed by atoms with Gasteiger partial charge in [0.25, 0.3) is 0 Å². The van der Waals surface area contributed by atoms with Gasteiger partial charge in [-0.25, -0.2) is 0 Å². The van der Waals surface area contributed by atoms with Crippen molar-refractivity contribution in [3.8, 4) is 0 Å². The predicted octanol–water partition coefficient (Wildman–Crippen LogP) is 3.20.